The number of rotatable bonds is 14. The molecule has 1 fully saturated rings. The summed E-state index contributed by atoms with van der Waals surface area (Å²) in [5.74, 6) is 3.34. The fourth-order valence-electron chi connectivity index (χ4n) is 5.93. The number of furan rings is 1. The van der Waals surface area contributed by atoms with Crippen molar-refractivity contribution in [2.75, 3.05) is 26.2 Å². The van der Waals surface area contributed by atoms with E-state index in [1.54, 1.807) is 6.07 Å². The van der Waals surface area contributed by atoms with Gasteiger partial charge >= 0.3 is 5.97 Å². The summed E-state index contributed by atoms with van der Waals surface area (Å²) in [7, 11) is 0. The van der Waals surface area contributed by atoms with Gasteiger partial charge in [0.05, 0.1) is 18.3 Å². The Bertz CT molecular complexity index is 1200. The van der Waals surface area contributed by atoms with E-state index in [0.29, 0.717) is 5.56 Å². The van der Waals surface area contributed by atoms with Crippen molar-refractivity contribution >= 4 is 16.9 Å². The van der Waals surface area contributed by atoms with Crippen LogP contribution in [0.5, 0.6) is 5.75 Å². The van der Waals surface area contributed by atoms with Crippen molar-refractivity contribution in [1.82, 2.24) is 4.90 Å². The third-order valence-electron chi connectivity index (χ3n) is 8.26. The quantitative estimate of drug-likeness (QED) is 0.150. The second kappa shape index (κ2) is 14.7. The molecule has 3 aromatic rings. The topological polar surface area (TPSA) is 51.9 Å². The minimum absolute atomic E-state index is 0.153. The van der Waals surface area contributed by atoms with Gasteiger partial charge < -0.3 is 18.8 Å². The lowest BCUT2D eigenvalue weighted by Gasteiger charge is -2.37. The number of nitrogens with zero attached hydrogens (tertiary/aromatic N) is 1. The van der Waals surface area contributed by atoms with Gasteiger partial charge in [-0.1, -0.05) is 52.2 Å². The minimum atomic E-state index is -0.295. The molecule has 0 radical (unpaired) electrons. The summed E-state index contributed by atoms with van der Waals surface area (Å²) in [5, 5.41) is 0.998. The number of ether oxygens (including phenoxy) is 2. The molecule has 2 heterocycles. The van der Waals surface area contributed by atoms with Crippen molar-refractivity contribution in [3.8, 4) is 5.75 Å². The van der Waals surface area contributed by atoms with Crippen LogP contribution in [0.2, 0.25) is 0 Å². The van der Waals surface area contributed by atoms with Crippen LogP contribution in [0, 0.1) is 11.8 Å². The highest BCUT2D eigenvalue weighted by Crippen LogP contribution is 2.31. The molecule has 0 N–H and O–H groups in total. The first-order chi connectivity index (χ1) is 19.4. The van der Waals surface area contributed by atoms with E-state index >= 15 is 0 Å². The lowest BCUT2D eigenvalue weighted by molar-refractivity contribution is 0.0378. The first-order valence-electron chi connectivity index (χ1n) is 15.6. The van der Waals surface area contributed by atoms with Gasteiger partial charge in [-0.25, -0.2) is 4.79 Å². The number of carbonyl (C=O) groups is 1. The summed E-state index contributed by atoms with van der Waals surface area (Å²) in [6.45, 7) is 14.9. The summed E-state index contributed by atoms with van der Waals surface area (Å²) in [5.41, 5.74) is 3.75. The largest absolute Gasteiger partial charge is 0.494 e. The van der Waals surface area contributed by atoms with Gasteiger partial charge in [0.15, 0.2) is 0 Å². The summed E-state index contributed by atoms with van der Waals surface area (Å²) in [6.07, 6.45) is 8.68. The van der Waals surface area contributed by atoms with E-state index in [4.69, 9.17) is 13.9 Å². The number of piperidine rings is 1. The Labute approximate surface area is 241 Å². The lowest BCUT2D eigenvalue weighted by Crippen LogP contribution is -2.41. The Balaban J connectivity index is 1.38. The molecule has 2 atom stereocenters. The Morgan fingerprint density at radius 3 is 2.38 bits per heavy atom. The summed E-state index contributed by atoms with van der Waals surface area (Å²) in [4.78, 5) is 15.2. The molecule has 0 spiro atoms. The van der Waals surface area contributed by atoms with Crippen molar-refractivity contribution in [3.63, 3.8) is 0 Å². The predicted molar refractivity (Wildman–Crippen MR) is 163 cm³/mol. The van der Waals surface area contributed by atoms with Gasteiger partial charge in [0, 0.05) is 43.4 Å². The van der Waals surface area contributed by atoms with Gasteiger partial charge in [0.2, 0.25) is 0 Å². The number of carbonyl (C=O) groups excluding carboxylic acids is 1. The zero-order valence-corrected chi connectivity index (χ0v) is 25.3. The van der Waals surface area contributed by atoms with Crippen molar-refractivity contribution in [1.29, 1.82) is 0 Å². The molecule has 40 heavy (non-hydrogen) atoms. The van der Waals surface area contributed by atoms with Crippen molar-refractivity contribution < 1.29 is 18.7 Å². The van der Waals surface area contributed by atoms with E-state index in [1.807, 2.05) is 26.0 Å². The van der Waals surface area contributed by atoms with Crippen LogP contribution in [0.4, 0.5) is 0 Å². The molecule has 2 aromatic carbocycles. The standard InChI is InChI=1S/C35H49NO4/c1-6-9-11-33-31(32-22-29(14-17-34(32)40-33)35(37)39-25(4)5)21-28-12-15-30(16-13-28)38-19-10-18-36-23-26(7-2)20-27(8-3)24-36/h12-17,22,25-27H,6-11,18-21,23-24H2,1-5H3/t26-,27+. The van der Waals surface area contributed by atoms with Crippen LogP contribution < -0.4 is 4.74 Å². The van der Waals surface area contributed by atoms with E-state index in [-0.39, 0.29) is 12.1 Å². The van der Waals surface area contributed by atoms with E-state index in [9.17, 15) is 4.79 Å². The zero-order valence-electron chi connectivity index (χ0n) is 25.3. The van der Waals surface area contributed by atoms with E-state index in [0.717, 1.165) is 85.1 Å². The number of esters is 1. The molecular weight excluding hydrogens is 498 g/mol. The second-order valence-electron chi connectivity index (χ2n) is 11.8. The van der Waals surface area contributed by atoms with Gasteiger partial charge in [0.1, 0.15) is 17.1 Å². The number of benzene rings is 2. The maximum atomic E-state index is 12.6. The Morgan fingerprint density at radius 2 is 1.73 bits per heavy atom. The van der Waals surface area contributed by atoms with Crippen LogP contribution in [0.15, 0.2) is 46.9 Å². The molecule has 5 heteroatoms. The molecule has 1 aromatic heterocycles. The maximum absolute atomic E-state index is 12.6. The van der Waals surface area contributed by atoms with Crippen LogP contribution in [0.25, 0.3) is 11.0 Å². The van der Waals surface area contributed by atoms with Gasteiger partial charge in [-0.05, 0) is 80.8 Å². The number of likely N-dealkylation sites (tertiary alicyclic amines) is 1. The predicted octanol–water partition coefficient (Wildman–Crippen LogP) is 8.46. The Kier molecular flexibility index (Phi) is 11.1. The normalized spacial score (nSPS) is 17.9. The number of hydrogen-bond donors (Lipinski definition) is 0. The fraction of sp³-hybridized carbons (Fsp3) is 0.571. The zero-order chi connectivity index (χ0) is 28.5. The van der Waals surface area contributed by atoms with Crippen LogP contribution in [0.1, 0.15) is 100 Å². The van der Waals surface area contributed by atoms with Gasteiger partial charge in [0.25, 0.3) is 0 Å². The van der Waals surface area contributed by atoms with Crippen molar-refractivity contribution in [2.24, 2.45) is 11.8 Å². The number of aryl methyl sites for hydroxylation is 1. The SMILES string of the molecule is CCCCc1oc2ccc(C(=O)OC(C)C)cc2c1Cc1ccc(OCCCN2C[C@H](CC)C[C@H](CC)C2)cc1. The maximum Gasteiger partial charge on any atom is 0.338 e. The number of hydrogen-bond acceptors (Lipinski definition) is 5. The smallest absolute Gasteiger partial charge is 0.338 e. The monoisotopic (exact) mass is 547 g/mol. The highest BCUT2D eigenvalue weighted by Gasteiger charge is 2.24. The van der Waals surface area contributed by atoms with Crippen molar-refractivity contribution in [2.45, 2.75) is 92.1 Å². The van der Waals surface area contributed by atoms with E-state index < -0.39 is 0 Å². The van der Waals surface area contributed by atoms with Crippen LogP contribution in [-0.4, -0.2) is 43.2 Å². The molecule has 1 aliphatic rings. The lowest BCUT2D eigenvalue weighted by atomic mass is 9.86. The molecule has 4 rings (SSSR count). The molecule has 0 bridgehead atoms. The summed E-state index contributed by atoms with van der Waals surface area (Å²) in [6, 6.07) is 14.1. The molecule has 0 saturated carbocycles. The van der Waals surface area contributed by atoms with Crippen LogP contribution in [0.3, 0.4) is 0 Å². The second-order valence-corrected chi connectivity index (χ2v) is 11.8. The third-order valence-corrected chi connectivity index (χ3v) is 8.26. The van der Waals surface area contributed by atoms with Crippen LogP contribution >= 0.6 is 0 Å². The first-order valence-corrected chi connectivity index (χ1v) is 15.6. The first kappa shape index (κ1) is 30.2. The average molecular weight is 548 g/mol. The molecule has 0 aliphatic carbocycles. The molecule has 0 unspecified atom stereocenters. The highest BCUT2D eigenvalue weighted by atomic mass is 16.5. The molecular formula is C35H49NO4. The molecule has 5 nitrogen and oxygen atoms in total. The minimum Gasteiger partial charge on any atom is -0.494 e. The third kappa shape index (κ3) is 8.13. The van der Waals surface area contributed by atoms with Gasteiger partial charge in [-0.2, -0.15) is 0 Å². The van der Waals surface area contributed by atoms with Gasteiger partial charge in [-0.15, -0.1) is 0 Å². The summed E-state index contributed by atoms with van der Waals surface area (Å²) < 4.78 is 17.8. The molecule has 1 aliphatic heterocycles. The number of unbranched alkanes of at least 4 members (excludes halogenated alkanes) is 1. The number of fused-ring (bicyclic) bond motifs is 1. The molecule has 0 amide bonds. The fourth-order valence-corrected chi connectivity index (χ4v) is 5.93. The molecule has 218 valence electrons. The van der Waals surface area contributed by atoms with Gasteiger partial charge in [-0.3, -0.25) is 0 Å². The van der Waals surface area contributed by atoms with Crippen LogP contribution in [-0.2, 0) is 17.6 Å². The van der Waals surface area contributed by atoms with Crippen molar-refractivity contribution in [3.05, 3.63) is 64.9 Å². The Hall–Kier alpha value is -2.79. The average Bonchev–Trinajstić information content (AvgIpc) is 3.30. The van der Waals surface area contributed by atoms with E-state index in [2.05, 4.69) is 49.9 Å². The molecule has 1 saturated heterocycles. The Morgan fingerprint density at radius 1 is 1.00 bits per heavy atom. The summed E-state index contributed by atoms with van der Waals surface area (Å²) >= 11 is 0. The van der Waals surface area contributed by atoms with E-state index in [1.165, 1.54) is 37.9 Å². The highest BCUT2D eigenvalue weighted by molar-refractivity contribution is 5.95.